The van der Waals surface area contributed by atoms with Crippen LogP contribution in [0.4, 0.5) is 18.9 Å². The average molecular weight is 344 g/mol. The minimum atomic E-state index is -4.62. The number of carbonyl (C=O) groups excluding carboxylic acids is 2. The zero-order chi connectivity index (χ0) is 17.9. The molecule has 1 aliphatic rings. The number of aliphatic hydroxyl groups is 1. The number of amides is 2. The van der Waals surface area contributed by atoms with Crippen LogP contribution >= 0.6 is 0 Å². The van der Waals surface area contributed by atoms with E-state index in [9.17, 15) is 22.8 Å². The van der Waals surface area contributed by atoms with E-state index in [1.807, 2.05) is 0 Å². The Labute approximate surface area is 137 Å². The number of likely N-dealkylation sites (N-methyl/N-ethyl adjacent to an activating group) is 1. The molecule has 1 fully saturated rings. The maximum absolute atomic E-state index is 13.2. The van der Waals surface area contributed by atoms with E-state index in [0.717, 1.165) is 12.1 Å². The van der Waals surface area contributed by atoms with E-state index >= 15 is 0 Å². The van der Waals surface area contributed by atoms with Crippen LogP contribution in [0.25, 0.3) is 0 Å². The number of alkyl halides is 3. The molecule has 5 nitrogen and oxygen atoms in total. The molecule has 0 spiro atoms. The van der Waals surface area contributed by atoms with Gasteiger partial charge in [-0.2, -0.15) is 13.2 Å². The summed E-state index contributed by atoms with van der Waals surface area (Å²) in [6.45, 7) is 2.02. The van der Waals surface area contributed by atoms with E-state index in [4.69, 9.17) is 5.11 Å². The minimum Gasteiger partial charge on any atom is -0.395 e. The van der Waals surface area contributed by atoms with Crippen molar-refractivity contribution in [2.75, 3.05) is 31.1 Å². The molecule has 0 radical (unpaired) electrons. The van der Waals surface area contributed by atoms with Crippen LogP contribution in [0, 0.1) is 0 Å². The van der Waals surface area contributed by atoms with Gasteiger partial charge in [0.1, 0.15) is 0 Å². The molecule has 1 N–H and O–H groups in total. The number of aliphatic hydroxyl groups excluding tert-OH is 1. The van der Waals surface area contributed by atoms with Crippen molar-refractivity contribution in [2.45, 2.75) is 25.9 Å². The van der Waals surface area contributed by atoms with Gasteiger partial charge in [-0.15, -0.1) is 0 Å². The predicted octanol–water partition coefficient (Wildman–Crippen LogP) is 2.29. The van der Waals surface area contributed by atoms with Gasteiger partial charge in [0.05, 0.1) is 12.2 Å². The van der Waals surface area contributed by atoms with Crippen molar-refractivity contribution in [1.29, 1.82) is 0 Å². The Hall–Kier alpha value is -2.09. The summed E-state index contributed by atoms with van der Waals surface area (Å²) in [6.07, 6.45) is -3.77. The van der Waals surface area contributed by atoms with Gasteiger partial charge in [-0.25, -0.2) is 0 Å². The quantitative estimate of drug-likeness (QED) is 0.891. The maximum Gasteiger partial charge on any atom is 0.416 e. The SMILES string of the molecule is CCN(CCO)C(=O)c1cc(N2CCCC2=O)cc(C(F)(F)F)c1. The molecule has 8 heteroatoms. The standard InChI is InChI=1S/C16H19F3N2O3/c1-2-20(6-7-22)15(24)11-8-12(16(17,18)19)10-13(9-11)21-5-3-4-14(21)23/h8-10,22H,2-7H2,1H3. The Kier molecular flexibility index (Phi) is 5.48. The molecular weight excluding hydrogens is 325 g/mol. The van der Waals surface area contributed by atoms with Crippen molar-refractivity contribution >= 4 is 17.5 Å². The summed E-state index contributed by atoms with van der Waals surface area (Å²) in [4.78, 5) is 26.8. The second-order valence-corrected chi connectivity index (χ2v) is 5.52. The van der Waals surface area contributed by atoms with Crippen molar-refractivity contribution in [3.63, 3.8) is 0 Å². The summed E-state index contributed by atoms with van der Waals surface area (Å²) in [5, 5.41) is 8.98. The third-order valence-electron chi connectivity index (χ3n) is 3.92. The number of hydrogen-bond donors (Lipinski definition) is 1. The van der Waals surface area contributed by atoms with Crippen LogP contribution < -0.4 is 4.90 Å². The molecular formula is C16H19F3N2O3. The number of nitrogens with zero attached hydrogens (tertiary/aromatic N) is 2. The smallest absolute Gasteiger partial charge is 0.395 e. The number of halogens is 3. The summed E-state index contributed by atoms with van der Waals surface area (Å²) in [5.41, 5.74) is -1.03. The Morgan fingerprint density at radius 1 is 1.33 bits per heavy atom. The normalized spacial score (nSPS) is 15.0. The summed E-state index contributed by atoms with van der Waals surface area (Å²) in [6, 6.07) is 2.98. The van der Waals surface area contributed by atoms with Crippen LogP contribution in [-0.2, 0) is 11.0 Å². The van der Waals surface area contributed by atoms with Crippen LogP contribution in [0.5, 0.6) is 0 Å². The van der Waals surface area contributed by atoms with E-state index in [0.29, 0.717) is 13.0 Å². The first kappa shape index (κ1) is 18.3. The first-order valence-corrected chi connectivity index (χ1v) is 7.70. The Balaban J connectivity index is 2.47. The number of benzene rings is 1. The van der Waals surface area contributed by atoms with E-state index in [-0.39, 0.29) is 43.3 Å². The van der Waals surface area contributed by atoms with Crippen LogP contribution in [0.1, 0.15) is 35.7 Å². The summed E-state index contributed by atoms with van der Waals surface area (Å²) in [7, 11) is 0. The van der Waals surface area contributed by atoms with Crippen molar-refractivity contribution in [1.82, 2.24) is 4.90 Å². The highest BCUT2D eigenvalue weighted by molar-refractivity contribution is 5.99. The van der Waals surface area contributed by atoms with Gasteiger partial charge in [-0.1, -0.05) is 0 Å². The molecule has 0 bridgehead atoms. The van der Waals surface area contributed by atoms with Gasteiger partial charge in [0.2, 0.25) is 5.91 Å². The van der Waals surface area contributed by atoms with Crippen molar-refractivity contribution in [2.24, 2.45) is 0 Å². The lowest BCUT2D eigenvalue weighted by Gasteiger charge is -2.23. The summed E-state index contributed by atoms with van der Waals surface area (Å²) in [5.74, 6) is -0.860. The molecule has 1 saturated heterocycles. The predicted molar refractivity (Wildman–Crippen MR) is 81.7 cm³/mol. The Bertz CT molecular complexity index is 631. The van der Waals surface area contributed by atoms with Gasteiger partial charge in [0.15, 0.2) is 0 Å². The van der Waals surface area contributed by atoms with Crippen LogP contribution in [0.2, 0.25) is 0 Å². The molecule has 2 rings (SSSR count). The number of anilines is 1. The van der Waals surface area contributed by atoms with E-state index < -0.39 is 17.6 Å². The second-order valence-electron chi connectivity index (χ2n) is 5.52. The topological polar surface area (TPSA) is 60.9 Å². The van der Waals surface area contributed by atoms with E-state index in [1.54, 1.807) is 6.92 Å². The van der Waals surface area contributed by atoms with Crippen molar-refractivity contribution in [3.05, 3.63) is 29.3 Å². The minimum absolute atomic E-state index is 0.0313. The van der Waals surface area contributed by atoms with Gasteiger partial charge in [0, 0.05) is 37.3 Å². The largest absolute Gasteiger partial charge is 0.416 e. The first-order valence-electron chi connectivity index (χ1n) is 7.70. The number of hydrogen-bond acceptors (Lipinski definition) is 3. The monoisotopic (exact) mass is 344 g/mol. The highest BCUT2D eigenvalue weighted by atomic mass is 19.4. The van der Waals surface area contributed by atoms with Crippen molar-refractivity contribution in [3.8, 4) is 0 Å². The van der Waals surface area contributed by atoms with E-state index in [1.165, 1.54) is 15.9 Å². The third kappa shape index (κ3) is 3.87. The zero-order valence-electron chi connectivity index (χ0n) is 13.3. The molecule has 132 valence electrons. The lowest BCUT2D eigenvalue weighted by Crippen LogP contribution is -2.34. The molecule has 0 aliphatic carbocycles. The summed E-state index contributed by atoms with van der Waals surface area (Å²) < 4.78 is 39.5. The lowest BCUT2D eigenvalue weighted by atomic mass is 10.1. The van der Waals surface area contributed by atoms with Gasteiger partial charge < -0.3 is 14.9 Å². The van der Waals surface area contributed by atoms with E-state index in [2.05, 4.69) is 0 Å². The molecule has 0 unspecified atom stereocenters. The fraction of sp³-hybridized carbons (Fsp3) is 0.500. The second kappa shape index (κ2) is 7.21. The molecule has 24 heavy (non-hydrogen) atoms. The maximum atomic E-state index is 13.2. The molecule has 2 amide bonds. The highest BCUT2D eigenvalue weighted by Gasteiger charge is 2.34. The molecule has 1 aliphatic heterocycles. The van der Waals surface area contributed by atoms with Gasteiger partial charge >= 0.3 is 6.18 Å². The third-order valence-corrected chi connectivity index (χ3v) is 3.92. The Morgan fingerprint density at radius 2 is 2.04 bits per heavy atom. The average Bonchev–Trinajstić information content (AvgIpc) is 2.96. The van der Waals surface area contributed by atoms with Crippen LogP contribution in [-0.4, -0.2) is 48.1 Å². The molecule has 0 saturated carbocycles. The fourth-order valence-corrected chi connectivity index (χ4v) is 2.68. The first-order chi connectivity index (χ1) is 11.3. The van der Waals surface area contributed by atoms with Gasteiger partial charge in [0.25, 0.3) is 5.91 Å². The van der Waals surface area contributed by atoms with Gasteiger partial charge in [-0.3, -0.25) is 9.59 Å². The lowest BCUT2D eigenvalue weighted by molar-refractivity contribution is -0.137. The number of carbonyl (C=O) groups is 2. The molecule has 0 atom stereocenters. The highest BCUT2D eigenvalue weighted by Crippen LogP contribution is 2.34. The van der Waals surface area contributed by atoms with Crippen molar-refractivity contribution < 1.29 is 27.9 Å². The molecule has 1 heterocycles. The fourth-order valence-electron chi connectivity index (χ4n) is 2.68. The zero-order valence-corrected chi connectivity index (χ0v) is 13.3. The molecule has 1 aromatic carbocycles. The summed E-state index contributed by atoms with van der Waals surface area (Å²) >= 11 is 0. The number of rotatable bonds is 5. The van der Waals surface area contributed by atoms with Crippen LogP contribution in [0.15, 0.2) is 18.2 Å². The molecule has 0 aromatic heterocycles. The Morgan fingerprint density at radius 3 is 2.54 bits per heavy atom. The van der Waals surface area contributed by atoms with Gasteiger partial charge in [-0.05, 0) is 31.5 Å². The van der Waals surface area contributed by atoms with Crippen LogP contribution in [0.3, 0.4) is 0 Å². The molecule has 1 aromatic rings.